The standard InChI is InChI=1S/C36H27Cl2N7O9S/c1-18(24-15-30(42-43-32(24)47)54-31-25(37)13-21(14-26(31)38)45-35(50)40-33(48)27(16-39)44-45)9-10-52-23-4-2-3-20(12-23)28(46)17-53-22-7-5-19(6-8-22)11-29-34(49)41-36(51)55-29/h2-8,12-15,18,29H,9-11,17H2,1H3,(H,43,47)(H,40,48,50)(H,41,49,51). The van der Waals surface area contributed by atoms with Crippen LogP contribution in [0.3, 0.4) is 0 Å². The number of amides is 2. The Balaban J connectivity index is 1.03. The summed E-state index contributed by atoms with van der Waals surface area (Å²) in [6.45, 7) is 1.78. The monoisotopic (exact) mass is 803 g/mol. The van der Waals surface area contributed by atoms with Gasteiger partial charge in [0.25, 0.3) is 16.4 Å². The molecule has 1 saturated heterocycles. The minimum Gasteiger partial charge on any atom is -0.494 e. The average Bonchev–Trinajstić information content (AvgIpc) is 3.48. The molecule has 5 aromatic rings. The number of nitrogens with one attached hydrogen (secondary N) is 3. The fraction of sp³-hybridized carbons (Fsp3) is 0.194. The van der Waals surface area contributed by atoms with Crippen molar-refractivity contribution in [2.75, 3.05) is 13.2 Å². The molecule has 0 spiro atoms. The summed E-state index contributed by atoms with van der Waals surface area (Å²) in [4.78, 5) is 74.8. The van der Waals surface area contributed by atoms with Crippen LogP contribution in [-0.2, 0) is 11.2 Å². The fourth-order valence-electron chi connectivity index (χ4n) is 5.30. The molecule has 2 amide bonds. The lowest BCUT2D eigenvalue weighted by atomic mass is 10.0. The molecule has 0 radical (unpaired) electrons. The quantitative estimate of drug-likeness (QED) is 0.130. The van der Waals surface area contributed by atoms with E-state index in [-0.39, 0.29) is 63.4 Å². The Labute approximate surface area is 324 Å². The number of rotatable bonds is 14. The van der Waals surface area contributed by atoms with Crippen molar-refractivity contribution in [2.45, 2.75) is 30.9 Å². The molecule has 2 unspecified atom stereocenters. The van der Waals surface area contributed by atoms with E-state index in [9.17, 15) is 28.8 Å². The number of thioether (sulfide) groups is 1. The number of ketones is 1. The Morgan fingerprint density at radius 1 is 0.982 bits per heavy atom. The number of hydrogen-bond donors (Lipinski definition) is 3. The molecule has 0 saturated carbocycles. The summed E-state index contributed by atoms with van der Waals surface area (Å²) in [6.07, 6.45) is 0.785. The molecule has 19 heteroatoms. The number of nitrogens with zero attached hydrogens (tertiary/aromatic N) is 4. The van der Waals surface area contributed by atoms with Gasteiger partial charge in [-0.1, -0.05) is 66.2 Å². The van der Waals surface area contributed by atoms with Crippen molar-refractivity contribution < 1.29 is 28.6 Å². The number of Topliss-reactive ketones (excluding diaryl/α,β-unsaturated/α-hetero) is 1. The van der Waals surface area contributed by atoms with Crippen LogP contribution in [0.25, 0.3) is 5.69 Å². The first kappa shape index (κ1) is 38.5. The molecule has 0 bridgehead atoms. The van der Waals surface area contributed by atoms with Crippen LogP contribution in [-0.4, -0.2) is 60.4 Å². The van der Waals surface area contributed by atoms with E-state index < -0.39 is 27.8 Å². The largest absolute Gasteiger partial charge is 0.494 e. The Morgan fingerprint density at radius 3 is 2.42 bits per heavy atom. The number of nitriles is 1. The van der Waals surface area contributed by atoms with Crippen LogP contribution in [0.2, 0.25) is 10.0 Å². The van der Waals surface area contributed by atoms with Crippen molar-refractivity contribution in [1.29, 1.82) is 5.26 Å². The number of aromatic nitrogens is 5. The highest BCUT2D eigenvalue weighted by molar-refractivity contribution is 8.15. The zero-order valence-electron chi connectivity index (χ0n) is 28.5. The van der Waals surface area contributed by atoms with E-state index in [1.165, 1.54) is 18.2 Å². The summed E-state index contributed by atoms with van der Waals surface area (Å²) in [5.41, 5.74) is -1.26. The SMILES string of the molecule is CC(CCOc1cccc(C(=O)COc2ccc(CC3SC(=O)NC3=O)cc2)c1)c1cc(Oc2c(Cl)cc(-n3nc(C#N)c(=O)[nH]c3=O)cc2Cl)n[nH]c1=O. The van der Waals surface area contributed by atoms with Crippen LogP contribution in [0, 0.1) is 11.3 Å². The predicted octanol–water partition coefficient (Wildman–Crippen LogP) is 4.70. The van der Waals surface area contributed by atoms with Gasteiger partial charge in [-0.3, -0.25) is 34.3 Å². The van der Waals surface area contributed by atoms with Crippen molar-refractivity contribution in [2.24, 2.45) is 0 Å². The smallest absolute Gasteiger partial charge is 0.349 e. The van der Waals surface area contributed by atoms with Crippen LogP contribution >= 0.6 is 35.0 Å². The minimum atomic E-state index is -0.944. The van der Waals surface area contributed by atoms with Crippen LogP contribution < -0.4 is 36.3 Å². The Kier molecular flexibility index (Phi) is 11.8. The maximum Gasteiger partial charge on any atom is 0.349 e. The number of ether oxygens (including phenoxy) is 3. The number of H-pyrrole nitrogens is 2. The average molecular weight is 805 g/mol. The van der Waals surface area contributed by atoms with Crippen molar-refractivity contribution in [3.8, 4) is 34.9 Å². The third kappa shape index (κ3) is 9.30. The summed E-state index contributed by atoms with van der Waals surface area (Å²) >= 11 is 13.8. The second-order valence-corrected chi connectivity index (χ2v) is 14.0. The molecular weight excluding hydrogens is 777 g/mol. The molecule has 3 N–H and O–H groups in total. The molecule has 1 aliphatic heterocycles. The van der Waals surface area contributed by atoms with E-state index in [2.05, 4.69) is 20.6 Å². The number of hydrogen-bond acceptors (Lipinski definition) is 13. The molecule has 1 fully saturated rings. The number of aromatic amines is 2. The van der Waals surface area contributed by atoms with Gasteiger partial charge in [0.15, 0.2) is 18.1 Å². The van der Waals surface area contributed by atoms with Crippen molar-refractivity contribution in [3.05, 3.63) is 130 Å². The van der Waals surface area contributed by atoms with E-state index in [0.717, 1.165) is 22.0 Å². The first-order chi connectivity index (χ1) is 26.4. The Bertz CT molecular complexity index is 2510. The number of carbonyl (C=O) groups excluding carboxylic acids is 3. The van der Waals surface area contributed by atoms with Gasteiger partial charge < -0.3 is 14.2 Å². The summed E-state index contributed by atoms with van der Waals surface area (Å²) in [7, 11) is 0. The van der Waals surface area contributed by atoms with E-state index >= 15 is 0 Å². The minimum absolute atomic E-state index is 0.0377. The third-order valence-electron chi connectivity index (χ3n) is 8.16. The molecule has 3 aromatic carbocycles. The zero-order valence-corrected chi connectivity index (χ0v) is 30.8. The topological polar surface area (TPSA) is 228 Å². The molecule has 3 heterocycles. The lowest BCUT2D eigenvalue weighted by Crippen LogP contribution is -2.33. The molecular formula is C36H27Cl2N7O9S. The van der Waals surface area contributed by atoms with Gasteiger partial charge in [-0.25, -0.2) is 9.89 Å². The molecule has 280 valence electrons. The highest BCUT2D eigenvalue weighted by atomic mass is 35.5. The normalized spacial score (nSPS) is 14.2. The van der Waals surface area contributed by atoms with Crippen LogP contribution in [0.4, 0.5) is 4.79 Å². The van der Waals surface area contributed by atoms with Gasteiger partial charge in [-0.05, 0) is 60.7 Å². The third-order valence-corrected chi connectivity index (χ3v) is 9.71. The molecule has 2 atom stereocenters. The summed E-state index contributed by atoms with van der Waals surface area (Å²) in [6, 6.07) is 19.2. The Hall–Kier alpha value is -6.22. The van der Waals surface area contributed by atoms with Gasteiger partial charge in [-0.15, -0.1) is 10.2 Å². The first-order valence-electron chi connectivity index (χ1n) is 16.3. The van der Waals surface area contributed by atoms with Crippen molar-refractivity contribution in [3.63, 3.8) is 0 Å². The number of benzene rings is 3. The lowest BCUT2D eigenvalue weighted by molar-refractivity contribution is -0.118. The maximum atomic E-state index is 12.9. The van der Waals surface area contributed by atoms with E-state index in [1.807, 2.05) is 11.9 Å². The molecule has 16 nitrogen and oxygen atoms in total. The number of imide groups is 1. The van der Waals surface area contributed by atoms with Gasteiger partial charge in [0, 0.05) is 17.2 Å². The fourth-order valence-corrected chi connectivity index (χ4v) is 6.72. The van der Waals surface area contributed by atoms with Crippen LogP contribution in [0.5, 0.6) is 23.1 Å². The molecule has 2 aromatic heterocycles. The van der Waals surface area contributed by atoms with Crippen LogP contribution in [0.15, 0.2) is 81.1 Å². The second kappa shape index (κ2) is 16.8. The predicted molar refractivity (Wildman–Crippen MR) is 200 cm³/mol. The molecule has 6 rings (SSSR count). The van der Waals surface area contributed by atoms with Gasteiger partial charge in [0.1, 0.15) is 17.6 Å². The lowest BCUT2D eigenvalue weighted by Gasteiger charge is -2.14. The van der Waals surface area contributed by atoms with E-state index in [4.69, 9.17) is 42.7 Å². The number of carbonyl (C=O) groups is 3. The van der Waals surface area contributed by atoms with E-state index in [0.29, 0.717) is 35.5 Å². The summed E-state index contributed by atoms with van der Waals surface area (Å²) in [5, 5.41) is 20.5. The highest BCUT2D eigenvalue weighted by Gasteiger charge is 2.31. The highest BCUT2D eigenvalue weighted by Crippen LogP contribution is 2.38. The van der Waals surface area contributed by atoms with Gasteiger partial charge >= 0.3 is 5.69 Å². The molecule has 1 aliphatic rings. The summed E-state index contributed by atoms with van der Waals surface area (Å²) in [5.74, 6) is -0.0988. The Morgan fingerprint density at radius 2 is 1.73 bits per heavy atom. The van der Waals surface area contributed by atoms with Crippen molar-refractivity contribution >= 4 is 51.9 Å². The first-order valence-corrected chi connectivity index (χ1v) is 17.9. The molecule has 55 heavy (non-hydrogen) atoms. The van der Waals surface area contributed by atoms with Crippen molar-refractivity contribution in [1.82, 2.24) is 30.3 Å². The number of halogens is 2. The van der Waals surface area contributed by atoms with Gasteiger partial charge in [0.2, 0.25) is 17.5 Å². The van der Waals surface area contributed by atoms with Gasteiger partial charge in [-0.2, -0.15) is 9.94 Å². The van der Waals surface area contributed by atoms with E-state index in [1.54, 1.807) is 54.6 Å². The van der Waals surface area contributed by atoms with Gasteiger partial charge in [0.05, 0.1) is 27.6 Å². The second-order valence-electron chi connectivity index (χ2n) is 12.0. The van der Waals surface area contributed by atoms with Crippen LogP contribution in [0.1, 0.15) is 46.4 Å². The maximum absolute atomic E-state index is 12.9. The molecule has 0 aliphatic carbocycles. The zero-order chi connectivity index (χ0) is 39.2. The summed E-state index contributed by atoms with van der Waals surface area (Å²) < 4.78 is 18.1.